The van der Waals surface area contributed by atoms with Crippen LogP contribution in [-0.4, -0.2) is 43.2 Å². The molecule has 4 nitrogen and oxygen atoms in total. The normalized spacial score (nSPS) is 20.6. The number of benzene rings is 1. The Balaban J connectivity index is 1.81. The average molecular weight is 248 g/mol. The van der Waals surface area contributed by atoms with Crippen LogP contribution < -0.4 is 5.32 Å². The molecule has 1 amide bonds. The van der Waals surface area contributed by atoms with Gasteiger partial charge in [0.1, 0.15) is 0 Å². The Labute approximate surface area is 108 Å². The van der Waals surface area contributed by atoms with Crippen molar-refractivity contribution in [1.82, 2.24) is 10.2 Å². The molecular weight excluding hydrogens is 228 g/mol. The van der Waals surface area contributed by atoms with E-state index < -0.39 is 0 Å². The fourth-order valence-corrected chi connectivity index (χ4v) is 2.15. The molecule has 4 heteroatoms. The highest BCUT2D eigenvalue weighted by Crippen LogP contribution is 2.09. The molecule has 1 N–H and O–H groups in total. The molecule has 1 aliphatic heterocycles. The van der Waals surface area contributed by atoms with E-state index in [-0.39, 0.29) is 12.0 Å². The van der Waals surface area contributed by atoms with Crippen LogP contribution in [0.25, 0.3) is 0 Å². The third kappa shape index (κ3) is 4.13. The monoisotopic (exact) mass is 248 g/mol. The maximum Gasteiger partial charge on any atom is 0.216 e. The summed E-state index contributed by atoms with van der Waals surface area (Å²) >= 11 is 0. The minimum Gasteiger partial charge on any atom is -0.374 e. The van der Waals surface area contributed by atoms with Gasteiger partial charge in [-0.1, -0.05) is 30.3 Å². The molecule has 1 aliphatic rings. The maximum atomic E-state index is 10.9. The van der Waals surface area contributed by atoms with E-state index in [1.54, 1.807) is 0 Å². The Morgan fingerprint density at radius 1 is 1.44 bits per heavy atom. The molecule has 2 rings (SSSR count). The van der Waals surface area contributed by atoms with Crippen molar-refractivity contribution in [2.24, 2.45) is 0 Å². The van der Waals surface area contributed by atoms with Crippen LogP contribution in [0.4, 0.5) is 0 Å². The summed E-state index contributed by atoms with van der Waals surface area (Å²) in [6.07, 6.45) is 0.103. The van der Waals surface area contributed by atoms with Crippen molar-refractivity contribution in [3.05, 3.63) is 35.9 Å². The number of nitrogens with zero attached hydrogens (tertiary/aromatic N) is 1. The molecule has 0 saturated carbocycles. The van der Waals surface area contributed by atoms with Crippen LogP contribution in [0.1, 0.15) is 12.5 Å². The lowest BCUT2D eigenvalue weighted by Crippen LogP contribution is -2.46. The van der Waals surface area contributed by atoms with Gasteiger partial charge in [-0.05, 0) is 5.56 Å². The van der Waals surface area contributed by atoms with E-state index in [9.17, 15) is 4.79 Å². The summed E-state index contributed by atoms with van der Waals surface area (Å²) in [5.41, 5.74) is 1.32. The SMILES string of the molecule is CC(=O)NCC1CN(Cc2ccccc2)CCO1. The van der Waals surface area contributed by atoms with E-state index in [2.05, 4.69) is 34.5 Å². The highest BCUT2D eigenvalue weighted by atomic mass is 16.5. The Hall–Kier alpha value is -1.39. The van der Waals surface area contributed by atoms with Crippen LogP contribution in [0.15, 0.2) is 30.3 Å². The summed E-state index contributed by atoms with van der Waals surface area (Å²) in [7, 11) is 0. The smallest absolute Gasteiger partial charge is 0.216 e. The molecule has 0 radical (unpaired) electrons. The molecule has 1 atom stereocenters. The predicted molar refractivity (Wildman–Crippen MR) is 70.1 cm³/mol. The summed E-state index contributed by atoms with van der Waals surface area (Å²) in [6.45, 7) is 5.63. The maximum absolute atomic E-state index is 10.9. The Morgan fingerprint density at radius 3 is 2.94 bits per heavy atom. The van der Waals surface area contributed by atoms with E-state index in [1.807, 2.05) is 6.07 Å². The first-order chi connectivity index (χ1) is 8.74. The van der Waals surface area contributed by atoms with Crippen molar-refractivity contribution in [1.29, 1.82) is 0 Å². The van der Waals surface area contributed by atoms with Crippen molar-refractivity contribution in [2.45, 2.75) is 19.6 Å². The molecular formula is C14H20N2O2. The fraction of sp³-hybridized carbons (Fsp3) is 0.500. The number of carbonyl (C=O) groups excluding carboxylic acids is 1. The van der Waals surface area contributed by atoms with Crippen LogP contribution >= 0.6 is 0 Å². The minimum absolute atomic E-state index is 0.00113. The molecule has 0 aromatic heterocycles. The number of morpholine rings is 1. The Kier molecular flexibility index (Phi) is 4.73. The van der Waals surface area contributed by atoms with Gasteiger partial charge in [0, 0.05) is 33.1 Å². The molecule has 18 heavy (non-hydrogen) atoms. The van der Waals surface area contributed by atoms with Crippen molar-refractivity contribution >= 4 is 5.91 Å². The third-order valence-electron chi connectivity index (χ3n) is 3.05. The summed E-state index contributed by atoms with van der Waals surface area (Å²) in [6, 6.07) is 10.4. The predicted octanol–water partition coefficient (Wildman–Crippen LogP) is 1.02. The van der Waals surface area contributed by atoms with Crippen molar-refractivity contribution in [2.75, 3.05) is 26.2 Å². The van der Waals surface area contributed by atoms with Gasteiger partial charge in [-0.2, -0.15) is 0 Å². The van der Waals surface area contributed by atoms with Gasteiger partial charge in [0.15, 0.2) is 0 Å². The fourth-order valence-electron chi connectivity index (χ4n) is 2.15. The molecule has 0 aliphatic carbocycles. The second-order valence-corrected chi connectivity index (χ2v) is 4.65. The zero-order valence-electron chi connectivity index (χ0n) is 10.8. The van der Waals surface area contributed by atoms with Crippen LogP contribution in [0.2, 0.25) is 0 Å². The quantitative estimate of drug-likeness (QED) is 0.865. The van der Waals surface area contributed by atoms with E-state index in [4.69, 9.17) is 4.74 Å². The van der Waals surface area contributed by atoms with Gasteiger partial charge in [0.2, 0.25) is 5.91 Å². The summed E-state index contributed by atoms with van der Waals surface area (Å²) < 4.78 is 5.64. The molecule has 1 heterocycles. The molecule has 0 bridgehead atoms. The van der Waals surface area contributed by atoms with E-state index in [1.165, 1.54) is 12.5 Å². The first kappa shape index (κ1) is 13.1. The molecule has 98 valence electrons. The lowest BCUT2D eigenvalue weighted by Gasteiger charge is -2.33. The number of rotatable bonds is 4. The number of amides is 1. The largest absolute Gasteiger partial charge is 0.374 e. The van der Waals surface area contributed by atoms with Gasteiger partial charge in [-0.15, -0.1) is 0 Å². The van der Waals surface area contributed by atoms with Gasteiger partial charge in [0.25, 0.3) is 0 Å². The first-order valence-electron chi connectivity index (χ1n) is 6.36. The molecule has 1 saturated heterocycles. The van der Waals surface area contributed by atoms with Gasteiger partial charge in [-0.3, -0.25) is 9.69 Å². The highest BCUT2D eigenvalue weighted by molar-refractivity contribution is 5.72. The highest BCUT2D eigenvalue weighted by Gasteiger charge is 2.20. The van der Waals surface area contributed by atoms with E-state index in [0.29, 0.717) is 6.54 Å². The van der Waals surface area contributed by atoms with Crippen LogP contribution in [-0.2, 0) is 16.1 Å². The van der Waals surface area contributed by atoms with Crippen molar-refractivity contribution in [3.63, 3.8) is 0 Å². The Morgan fingerprint density at radius 2 is 2.22 bits per heavy atom. The van der Waals surface area contributed by atoms with Gasteiger partial charge < -0.3 is 10.1 Å². The van der Waals surface area contributed by atoms with E-state index >= 15 is 0 Å². The number of ether oxygens (including phenoxy) is 1. The average Bonchev–Trinajstić information content (AvgIpc) is 2.38. The minimum atomic E-state index is -0.00113. The second-order valence-electron chi connectivity index (χ2n) is 4.65. The summed E-state index contributed by atoms with van der Waals surface area (Å²) in [5, 5.41) is 2.81. The number of carbonyl (C=O) groups is 1. The third-order valence-corrected chi connectivity index (χ3v) is 3.05. The molecule has 1 aromatic carbocycles. The van der Waals surface area contributed by atoms with Gasteiger partial charge in [0.05, 0.1) is 12.7 Å². The zero-order chi connectivity index (χ0) is 12.8. The number of hydrogen-bond acceptors (Lipinski definition) is 3. The number of nitrogens with one attached hydrogen (secondary N) is 1. The molecule has 0 spiro atoms. The summed E-state index contributed by atoms with van der Waals surface area (Å²) in [4.78, 5) is 13.2. The van der Waals surface area contributed by atoms with Crippen molar-refractivity contribution < 1.29 is 9.53 Å². The molecule has 1 aromatic rings. The van der Waals surface area contributed by atoms with E-state index in [0.717, 1.165) is 26.2 Å². The number of hydrogen-bond donors (Lipinski definition) is 1. The first-order valence-corrected chi connectivity index (χ1v) is 6.36. The van der Waals surface area contributed by atoms with Crippen LogP contribution in [0.5, 0.6) is 0 Å². The Bertz CT molecular complexity index is 381. The van der Waals surface area contributed by atoms with Gasteiger partial charge in [-0.25, -0.2) is 0 Å². The molecule has 1 fully saturated rings. The second kappa shape index (κ2) is 6.52. The lowest BCUT2D eigenvalue weighted by atomic mass is 10.2. The molecule has 1 unspecified atom stereocenters. The standard InChI is InChI=1S/C14H20N2O2/c1-12(17)15-9-14-11-16(7-8-18-14)10-13-5-3-2-4-6-13/h2-6,14H,7-11H2,1H3,(H,15,17). The topological polar surface area (TPSA) is 41.6 Å². The lowest BCUT2D eigenvalue weighted by molar-refractivity contribution is -0.120. The van der Waals surface area contributed by atoms with Crippen LogP contribution in [0.3, 0.4) is 0 Å². The van der Waals surface area contributed by atoms with Crippen molar-refractivity contribution in [3.8, 4) is 0 Å². The van der Waals surface area contributed by atoms with Gasteiger partial charge >= 0.3 is 0 Å². The van der Waals surface area contributed by atoms with Crippen LogP contribution in [0, 0.1) is 0 Å². The zero-order valence-corrected chi connectivity index (χ0v) is 10.8. The summed E-state index contributed by atoms with van der Waals surface area (Å²) in [5.74, 6) is -0.00113.